The Morgan fingerprint density at radius 3 is 2.58 bits per heavy atom. The molecule has 1 heterocycles. The molecular weight excluding hydrogens is 330 g/mol. The Hall–Kier alpha value is -2.95. The number of ether oxygens (including phenoxy) is 2. The Balaban J connectivity index is 1.41. The number of fused-ring (bicyclic) bond motifs is 1. The molecule has 1 amide bonds. The van der Waals surface area contributed by atoms with E-state index in [0.29, 0.717) is 19.4 Å². The molecule has 0 radical (unpaired) electrons. The molecule has 0 saturated heterocycles. The molecule has 1 atom stereocenters. The van der Waals surface area contributed by atoms with Crippen LogP contribution in [0, 0.1) is 0 Å². The topological polar surface area (TPSA) is 60.7 Å². The number of amides is 1. The van der Waals surface area contributed by atoms with Crippen LogP contribution in [0.25, 0.3) is 11.0 Å². The van der Waals surface area contributed by atoms with Crippen LogP contribution in [0.1, 0.15) is 31.6 Å². The summed E-state index contributed by atoms with van der Waals surface area (Å²) in [6.45, 7) is 2.40. The van der Waals surface area contributed by atoms with Crippen molar-refractivity contribution in [2.75, 3.05) is 13.7 Å². The van der Waals surface area contributed by atoms with E-state index >= 15 is 0 Å². The normalized spacial score (nSPS) is 11.9. The van der Waals surface area contributed by atoms with Gasteiger partial charge in [0.15, 0.2) is 0 Å². The third-order valence-corrected chi connectivity index (χ3v) is 4.13. The van der Waals surface area contributed by atoms with Crippen molar-refractivity contribution in [3.8, 4) is 11.5 Å². The van der Waals surface area contributed by atoms with Crippen LogP contribution >= 0.6 is 0 Å². The van der Waals surface area contributed by atoms with Gasteiger partial charge in [-0.3, -0.25) is 4.79 Å². The second-order valence-corrected chi connectivity index (χ2v) is 6.10. The summed E-state index contributed by atoms with van der Waals surface area (Å²) >= 11 is 0. The van der Waals surface area contributed by atoms with Crippen LogP contribution in [0.15, 0.2) is 59.0 Å². The molecular formula is C21H23NO4. The highest BCUT2D eigenvalue weighted by Gasteiger charge is 2.14. The number of para-hydroxylation sites is 1. The van der Waals surface area contributed by atoms with E-state index in [1.165, 1.54) is 0 Å². The maximum absolute atomic E-state index is 12.1. The molecule has 0 spiro atoms. The zero-order chi connectivity index (χ0) is 18.4. The number of benzene rings is 2. The van der Waals surface area contributed by atoms with Crippen LogP contribution in [0.5, 0.6) is 11.5 Å². The fourth-order valence-electron chi connectivity index (χ4n) is 2.70. The SMILES string of the molecule is COc1ccc(OCCCC(=O)N[C@@H](C)c2cc3ccccc3o2)cc1. The maximum atomic E-state index is 12.1. The number of furan rings is 1. The molecule has 26 heavy (non-hydrogen) atoms. The van der Waals surface area contributed by atoms with Crippen molar-refractivity contribution in [3.05, 3.63) is 60.4 Å². The zero-order valence-corrected chi connectivity index (χ0v) is 15.0. The molecule has 3 aromatic rings. The summed E-state index contributed by atoms with van der Waals surface area (Å²) in [6.07, 6.45) is 1.05. The highest BCUT2D eigenvalue weighted by Crippen LogP contribution is 2.23. The number of methoxy groups -OCH3 is 1. The van der Waals surface area contributed by atoms with E-state index in [1.54, 1.807) is 7.11 Å². The molecule has 0 unspecified atom stereocenters. The number of carbonyl (C=O) groups is 1. The predicted octanol–water partition coefficient (Wildman–Crippen LogP) is 4.48. The largest absolute Gasteiger partial charge is 0.497 e. The van der Waals surface area contributed by atoms with Crippen LogP contribution in [0.3, 0.4) is 0 Å². The quantitative estimate of drug-likeness (QED) is 0.607. The van der Waals surface area contributed by atoms with E-state index in [4.69, 9.17) is 13.9 Å². The molecule has 1 N–H and O–H groups in total. The average molecular weight is 353 g/mol. The molecule has 0 aliphatic rings. The maximum Gasteiger partial charge on any atom is 0.220 e. The number of nitrogens with one attached hydrogen (secondary N) is 1. The second kappa shape index (κ2) is 8.43. The Labute approximate surface area is 152 Å². The van der Waals surface area contributed by atoms with Gasteiger partial charge >= 0.3 is 0 Å². The summed E-state index contributed by atoms with van der Waals surface area (Å²) in [5.41, 5.74) is 0.830. The molecule has 1 aromatic heterocycles. The van der Waals surface area contributed by atoms with Crippen molar-refractivity contribution in [2.24, 2.45) is 0 Å². The Bertz CT molecular complexity index is 821. The minimum Gasteiger partial charge on any atom is -0.497 e. The third kappa shape index (κ3) is 4.57. The fourth-order valence-corrected chi connectivity index (χ4v) is 2.70. The van der Waals surface area contributed by atoms with Crippen LogP contribution in [0.4, 0.5) is 0 Å². The van der Waals surface area contributed by atoms with Crippen molar-refractivity contribution >= 4 is 16.9 Å². The Kier molecular flexibility index (Phi) is 5.79. The van der Waals surface area contributed by atoms with Crippen molar-refractivity contribution < 1.29 is 18.7 Å². The first-order valence-electron chi connectivity index (χ1n) is 8.70. The lowest BCUT2D eigenvalue weighted by Gasteiger charge is -2.11. The minimum absolute atomic E-state index is 0.0173. The summed E-state index contributed by atoms with van der Waals surface area (Å²) in [5.74, 6) is 2.29. The summed E-state index contributed by atoms with van der Waals surface area (Å²) < 4.78 is 16.5. The fraction of sp³-hybridized carbons (Fsp3) is 0.286. The highest BCUT2D eigenvalue weighted by molar-refractivity contribution is 5.79. The first-order chi connectivity index (χ1) is 12.7. The average Bonchev–Trinajstić information content (AvgIpc) is 3.10. The Morgan fingerprint density at radius 1 is 1.12 bits per heavy atom. The molecule has 3 rings (SSSR count). The van der Waals surface area contributed by atoms with Gasteiger partial charge in [-0.15, -0.1) is 0 Å². The van der Waals surface area contributed by atoms with Gasteiger partial charge < -0.3 is 19.2 Å². The smallest absolute Gasteiger partial charge is 0.220 e. The molecule has 0 bridgehead atoms. The first-order valence-corrected chi connectivity index (χ1v) is 8.70. The summed E-state index contributed by atoms with van der Waals surface area (Å²) in [5, 5.41) is 4.00. The first kappa shape index (κ1) is 17.9. The van der Waals surface area contributed by atoms with Crippen molar-refractivity contribution in [2.45, 2.75) is 25.8 Å². The van der Waals surface area contributed by atoms with Gasteiger partial charge in [-0.2, -0.15) is 0 Å². The molecule has 5 heteroatoms. The van der Waals surface area contributed by atoms with Gasteiger partial charge in [0.1, 0.15) is 22.8 Å². The number of hydrogen-bond donors (Lipinski definition) is 1. The van der Waals surface area contributed by atoms with Gasteiger partial charge in [0.2, 0.25) is 5.91 Å². The molecule has 0 aliphatic carbocycles. The monoisotopic (exact) mass is 353 g/mol. The van der Waals surface area contributed by atoms with E-state index in [0.717, 1.165) is 28.2 Å². The van der Waals surface area contributed by atoms with Gasteiger partial charge in [0, 0.05) is 11.8 Å². The summed E-state index contributed by atoms with van der Waals surface area (Å²) in [7, 11) is 1.63. The van der Waals surface area contributed by atoms with E-state index in [1.807, 2.05) is 61.5 Å². The highest BCUT2D eigenvalue weighted by atomic mass is 16.5. The second-order valence-electron chi connectivity index (χ2n) is 6.10. The molecule has 5 nitrogen and oxygen atoms in total. The van der Waals surface area contributed by atoms with Crippen molar-refractivity contribution in [1.29, 1.82) is 0 Å². The van der Waals surface area contributed by atoms with E-state index in [2.05, 4.69) is 5.32 Å². The molecule has 0 saturated carbocycles. The van der Waals surface area contributed by atoms with Crippen molar-refractivity contribution in [1.82, 2.24) is 5.32 Å². The lowest BCUT2D eigenvalue weighted by atomic mass is 10.2. The lowest BCUT2D eigenvalue weighted by molar-refractivity contribution is -0.122. The molecule has 136 valence electrons. The van der Waals surface area contributed by atoms with Gasteiger partial charge in [-0.1, -0.05) is 18.2 Å². The molecule has 0 fully saturated rings. The Morgan fingerprint density at radius 2 is 1.85 bits per heavy atom. The van der Waals surface area contributed by atoms with E-state index in [-0.39, 0.29) is 11.9 Å². The van der Waals surface area contributed by atoms with Crippen LogP contribution < -0.4 is 14.8 Å². The van der Waals surface area contributed by atoms with Crippen LogP contribution in [0.2, 0.25) is 0 Å². The predicted molar refractivity (Wildman–Crippen MR) is 100 cm³/mol. The standard InChI is InChI=1S/C21H23NO4/c1-15(20-14-16-6-3-4-7-19(16)26-20)22-21(23)8-5-13-25-18-11-9-17(24-2)10-12-18/h3-4,6-7,9-12,14-15H,5,8,13H2,1-2H3,(H,22,23)/t15-/m0/s1. The van der Waals surface area contributed by atoms with Crippen molar-refractivity contribution in [3.63, 3.8) is 0 Å². The zero-order valence-electron chi connectivity index (χ0n) is 15.0. The minimum atomic E-state index is -0.169. The van der Waals surface area contributed by atoms with Crippen LogP contribution in [-0.4, -0.2) is 19.6 Å². The molecule has 2 aromatic carbocycles. The summed E-state index contributed by atoms with van der Waals surface area (Å²) in [4.78, 5) is 12.1. The summed E-state index contributed by atoms with van der Waals surface area (Å²) in [6, 6.07) is 17.0. The number of hydrogen-bond acceptors (Lipinski definition) is 4. The van der Waals surface area contributed by atoms with Crippen LogP contribution in [-0.2, 0) is 4.79 Å². The van der Waals surface area contributed by atoms with Gasteiger partial charge in [-0.25, -0.2) is 0 Å². The third-order valence-electron chi connectivity index (χ3n) is 4.13. The van der Waals surface area contributed by atoms with E-state index in [9.17, 15) is 4.79 Å². The van der Waals surface area contributed by atoms with Gasteiger partial charge in [-0.05, 0) is 49.7 Å². The number of rotatable bonds is 8. The lowest BCUT2D eigenvalue weighted by Crippen LogP contribution is -2.26. The number of carbonyl (C=O) groups excluding carboxylic acids is 1. The molecule has 0 aliphatic heterocycles. The van der Waals surface area contributed by atoms with Gasteiger partial charge in [0.05, 0.1) is 19.8 Å². The van der Waals surface area contributed by atoms with Gasteiger partial charge in [0.25, 0.3) is 0 Å². The van der Waals surface area contributed by atoms with E-state index < -0.39 is 0 Å².